The lowest BCUT2D eigenvalue weighted by atomic mass is 10.2. The number of ether oxygens (including phenoxy) is 3. The van der Waals surface area contributed by atoms with Crippen LogP contribution >= 0.6 is 0 Å². The Hall–Kier alpha value is -2.96. The molecule has 1 unspecified atom stereocenters. The van der Waals surface area contributed by atoms with Gasteiger partial charge in [0.15, 0.2) is 23.6 Å². The number of fused-ring (bicyclic) bond motifs is 1. The van der Waals surface area contributed by atoms with Crippen LogP contribution in [0.5, 0.6) is 17.2 Å². The Morgan fingerprint density at radius 1 is 1.23 bits per heavy atom. The van der Waals surface area contributed by atoms with Crippen molar-refractivity contribution in [2.24, 2.45) is 4.99 Å². The fraction of sp³-hybridized carbons (Fsp3) is 0.368. The zero-order chi connectivity index (χ0) is 18.0. The molecule has 0 spiro atoms. The number of rotatable bonds is 7. The molecule has 0 saturated carbocycles. The van der Waals surface area contributed by atoms with Gasteiger partial charge >= 0.3 is 0 Å². The molecule has 0 radical (unpaired) electrons. The molecule has 1 aliphatic rings. The molecule has 2 aromatic rings. The van der Waals surface area contributed by atoms with Crippen LogP contribution in [0, 0.1) is 0 Å². The average molecular weight is 356 g/mol. The maximum absolute atomic E-state index is 5.92. The van der Waals surface area contributed by atoms with Crippen LogP contribution in [0.1, 0.15) is 6.92 Å². The molecule has 7 nitrogen and oxygen atoms in total. The predicted molar refractivity (Wildman–Crippen MR) is 100 cm³/mol. The molecule has 3 rings (SSSR count). The topological polar surface area (TPSA) is 77.0 Å². The second-order valence-corrected chi connectivity index (χ2v) is 5.68. The summed E-state index contributed by atoms with van der Waals surface area (Å²) in [7, 11) is 0. The fourth-order valence-corrected chi connectivity index (χ4v) is 2.46. The summed E-state index contributed by atoms with van der Waals surface area (Å²) >= 11 is 0. The lowest BCUT2D eigenvalue weighted by molar-refractivity contribution is 0.0971. The van der Waals surface area contributed by atoms with Gasteiger partial charge in [-0.1, -0.05) is 12.1 Å². The number of pyridine rings is 1. The molecule has 0 aliphatic carbocycles. The van der Waals surface area contributed by atoms with Crippen molar-refractivity contribution in [3.63, 3.8) is 0 Å². The maximum atomic E-state index is 5.92. The van der Waals surface area contributed by atoms with E-state index in [1.165, 1.54) is 0 Å². The molecule has 138 valence electrons. The number of benzene rings is 1. The normalized spacial score (nSPS) is 16.0. The summed E-state index contributed by atoms with van der Waals surface area (Å²) in [6.45, 7) is 4.95. The van der Waals surface area contributed by atoms with Crippen LogP contribution in [-0.4, -0.2) is 49.9 Å². The molecule has 1 aromatic heterocycles. The number of para-hydroxylation sites is 2. The van der Waals surface area contributed by atoms with Gasteiger partial charge < -0.3 is 24.8 Å². The Morgan fingerprint density at radius 3 is 2.92 bits per heavy atom. The molecular weight excluding hydrogens is 332 g/mol. The summed E-state index contributed by atoms with van der Waals surface area (Å²) < 4.78 is 17.3. The lowest BCUT2D eigenvalue weighted by Crippen LogP contribution is -2.41. The number of guanidine groups is 1. The third-order valence-corrected chi connectivity index (χ3v) is 3.66. The van der Waals surface area contributed by atoms with E-state index in [-0.39, 0.29) is 6.10 Å². The molecule has 2 heterocycles. The number of hydrogen-bond donors (Lipinski definition) is 2. The fourth-order valence-electron chi connectivity index (χ4n) is 2.46. The average Bonchev–Trinajstić information content (AvgIpc) is 2.70. The van der Waals surface area contributed by atoms with E-state index in [0.717, 1.165) is 29.8 Å². The number of aromatic nitrogens is 1. The molecule has 1 atom stereocenters. The summed E-state index contributed by atoms with van der Waals surface area (Å²) in [6, 6.07) is 11.4. The molecule has 0 saturated heterocycles. The summed E-state index contributed by atoms with van der Waals surface area (Å²) in [5, 5.41) is 6.46. The summed E-state index contributed by atoms with van der Waals surface area (Å²) in [6.07, 6.45) is 3.31. The molecule has 7 heteroatoms. The number of nitrogens with one attached hydrogen (secondary N) is 2. The van der Waals surface area contributed by atoms with E-state index in [1.54, 1.807) is 12.4 Å². The quantitative estimate of drug-likeness (QED) is 0.448. The highest BCUT2D eigenvalue weighted by molar-refractivity contribution is 5.79. The Balaban J connectivity index is 1.45. The summed E-state index contributed by atoms with van der Waals surface area (Å²) in [5.74, 6) is 3.03. The van der Waals surface area contributed by atoms with Crippen molar-refractivity contribution in [3.8, 4) is 17.2 Å². The van der Waals surface area contributed by atoms with Gasteiger partial charge in [-0.15, -0.1) is 0 Å². The molecule has 2 N–H and O–H groups in total. The third-order valence-electron chi connectivity index (χ3n) is 3.66. The minimum Gasteiger partial charge on any atom is -0.490 e. The van der Waals surface area contributed by atoms with E-state index < -0.39 is 0 Å². The highest BCUT2D eigenvalue weighted by Gasteiger charge is 2.20. The van der Waals surface area contributed by atoms with E-state index in [4.69, 9.17) is 14.2 Å². The van der Waals surface area contributed by atoms with Gasteiger partial charge in [-0.2, -0.15) is 0 Å². The Bertz CT molecular complexity index is 709. The van der Waals surface area contributed by atoms with E-state index in [0.29, 0.717) is 26.3 Å². The first kappa shape index (κ1) is 17.8. The van der Waals surface area contributed by atoms with Gasteiger partial charge in [-0.3, -0.25) is 4.98 Å². The van der Waals surface area contributed by atoms with Gasteiger partial charge in [-0.05, 0) is 31.2 Å². The van der Waals surface area contributed by atoms with E-state index in [1.807, 2.05) is 43.3 Å². The van der Waals surface area contributed by atoms with Gasteiger partial charge in [0.2, 0.25) is 0 Å². The van der Waals surface area contributed by atoms with Crippen LogP contribution in [0.3, 0.4) is 0 Å². The van der Waals surface area contributed by atoms with Gasteiger partial charge in [0.1, 0.15) is 19.0 Å². The SMILES string of the molecule is CCNC(=NCC1COc2ccccc2O1)NCCOc1cccnc1. The standard InChI is InChI=1S/C19H24N4O3/c1-2-21-19(22-10-11-24-15-6-5-9-20-12-15)23-13-16-14-25-17-7-3-4-8-18(17)26-16/h3-9,12,16H,2,10-11,13-14H2,1H3,(H2,21,22,23). The zero-order valence-electron chi connectivity index (χ0n) is 14.9. The van der Waals surface area contributed by atoms with Gasteiger partial charge in [0.05, 0.1) is 19.3 Å². The predicted octanol–water partition coefficient (Wildman–Crippen LogP) is 1.86. The molecule has 1 aliphatic heterocycles. The van der Waals surface area contributed by atoms with Crippen molar-refractivity contribution < 1.29 is 14.2 Å². The molecule has 1 aromatic carbocycles. The second kappa shape index (κ2) is 9.50. The van der Waals surface area contributed by atoms with Crippen molar-refractivity contribution >= 4 is 5.96 Å². The largest absolute Gasteiger partial charge is 0.490 e. The smallest absolute Gasteiger partial charge is 0.191 e. The Labute approximate surface area is 153 Å². The van der Waals surface area contributed by atoms with Crippen molar-refractivity contribution in [3.05, 3.63) is 48.8 Å². The van der Waals surface area contributed by atoms with Crippen LogP contribution in [0.2, 0.25) is 0 Å². The zero-order valence-corrected chi connectivity index (χ0v) is 14.9. The van der Waals surface area contributed by atoms with Crippen LogP contribution in [0.15, 0.2) is 53.8 Å². The first-order valence-corrected chi connectivity index (χ1v) is 8.78. The molecule has 0 amide bonds. The maximum Gasteiger partial charge on any atom is 0.191 e. The Kier molecular flexibility index (Phi) is 6.53. The molecular formula is C19H24N4O3. The van der Waals surface area contributed by atoms with E-state index in [9.17, 15) is 0 Å². The number of nitrogens with zero attached hydrogens (tertiary/aromatic N) is 2. The number of hydrogen-bond acceptors (Lipinski definition) is 5. The molecule has 0 fully saturated rings. The van der Waals surface area contributed by atoms with Crippen molar-refractivity contribution in [1.29, 1.82) is 0 Å². The highest BCUT2D eigenvalue weighted by atomic mass is 16.6. The van der Waals surface area contributed by atoms with Crippen molar-refractivity contribution in [2.75, 3.05) is 32.8 Å². The first-order valence-electron chi connectivity index (χ1n) is 8.78. The highest BCUT2D eigenvalue weighted by Crippen LogP contribution is 2.30. The van der Waals surface area contributed by atoms with Gasteiger partial charge in [-0.25, -0.2) is 4.99 Å². The van der Waals surface area contributed by atoms with Gasteiger partial charge in [0, 0.05) is 12.7 Å². The second-order valence-electron chi connectivity index (χ2n) is 5.68. The summed E-state index contributed by atoms with van der Waals surface area (Å²) in [5.41, 5.74) is 0. The van der Waals surface area contributed by atoms with Crippen molar-refractivity contribution in [2.45, 2.75) is 13.0 Å². The molecule has 26 heavy (non-hydrogen) atoms. The first-order chi connectivity index (χ1) is 12.8. The molecule has 0 bridgehead atoms. The number of aliphatic imine (C=N–C) groups is 1. The lowest BCUT2D eigenvalue weighted by Gasteiger charge is -2.25. The van der Waals surface area contributed by atoms with Crippen LogP contribution in [0.25, 0.3) is 0 Å². The van der Waals surface area contributed by atoms with Gasteiger partial charge in [0.25, 0.3) is 0 Å². The van der Waals surface area contributed by atoms with Crippen LogP contribution in [-0.2, 0) is 0 Å². The van der Waals surface area contributed by atoms with E-state index >= 15 is 0 Å². The Morgan fingerprint density at radius 2 is 2.12 bits per heavy atom. The monoisotopic (exact) mass is 356 g/mol. The van der Waals surface area contributed by atoms with E-state index in [2.05, 4.69) is 20.6 Å². The third kappa shape index (κ3) is 5.27. The minimum atomic E-state index is -0.105. The minimum absolute atomic E-state index is 0.105. The van der Waals surface area contributed by atoms with Crippen LogP contribution < -0.4 is 24.8 Å². The summed E-state index contributed by atoms with van der Waals surface area (Å²) in [4.78, 5) is 8.59. The van der Waals surface area contributed by atoms with Crippen molar-refractivity contribution in [1.82, 2.24) is 15.6 Å². The van der Waals surface area contributed by atoms with Crippen LogP contribution in [0.4, 0.5) is 0 Å².